The number of alkyl halides is 1. The number of hydrogen-bond donors (Lipinski definition) is 2. The summed E-state index contributed by atoms with van der Waals surface area (Å²) in [6.07, 6.45) is -1.43. The van der Waals surface area contributed by atoms with Crippen molar-refractivity contribution in [3.63, 3.8) is 0 Å². The van der Waals surface area contributed by atoms with Crippen LogP contribution in [0.2, 0.25) is 25.7 Å². The van der Waals surface area contributed by atoms with Gasteiger partial charge in [0, 0.05) is 42.5 Å². The summed E-state index contributed by atoms with van der Waals surface area (Å²) >= 11 is 1.31. The molecule has 1 heterocycles. The SMILES string of the molecule is CC(C)(C)C(OCC[Si](C)(C)C)N(C(=O)O)C1=N[C@](CF)(c2cc(N)ccc2F)[C@@H]2C[C@@H]2S1. The Hall–Kier alpha value is -1.65. The summed E-state index contributed by atoms with van der Waals surface area (Å²) < 4.78 is 35.7. The van der Waals surface area contributed by atoms with Gasteiger partial charge in [0.05, 0.1) is 0 Å². The number of thioether (sulfide) groups is 1. The fourth-order valence-corrected chi connectivity index (χ4v) is 6.33. The van der Waals surface area contributed by atoms with Crippen LogP contribution in [0.25, 0.3) is 0 Å². The van der Waals surface area contributed by atoms with Gasteiger partial charge in [-0.2, -0.15) is 0 Å². The second kappa shape index (κ2) is 9.18. The monoisotopic (exact) mass is 499 g/mol. The molecule has 33 heavy (non-hydrogen) atoms. The predicted octanol–water partition coefficient (Wildman–Crippen LogP) is 5.77. The molecule has 1 unspecified atom stereocenters. The van der Waals surface area contributed by atoms with Gasteiger partial charge < -0.3 is 15.6 Å². The van der Waals surface area contributed by atoms with E-state index in [2.05, 4.69) is 24.6 Å². The molecular formula is C23H35F2N3O3SSi. The molecule has 0 bridgehead atoms. The summed E-state index contributed by atoms with van der Waals surface area (Å²) in [5.74, 6) is -0.813. The third-order valence-corrected chi connectivity index (χ3v) is 9.10. The summed E-state index contributed by atoms with van der Waals surface area (Å²) in [5, 5.41) is 10.3. The van der Waals surface area contributed by atoms with E-state index in [0.717, 1.165) is 10.9 Å². The van der Waals surface area contributed by atoms with Crippen LogP contribution in [0.4, 0.5) is 19.3 Å². The highest BCUT2D eigenvalue weighted by atomic mass is 32.2. The smallest absolute Gasteiger partial charge is 0.415 e. The van der Waals surface area contributed by atoms with Gasteiger partial charge in [-0.15, -0.1) is 0 Å². The fourth-order valence-electron chi connectivity index (χ4n) is 4.14. The number of halogens is 2. The first-order chi connectivity index (χ1) is 15.2. The van der Waals surface area contributed by atoms with Crippen molar-refractivity contribution in [2.75, 3.05) is 19.0 Å². The van der Waals surface area contributed by atoms with E-state index in [1.165, 1.54) is 30.0 Å². The zero-order valence-corrected chi connectivity index (χ0v) is 22.0. The minimum atomic E-state index is -1.50. The molecule has 3 N–H and O–H groups in total. The number of benzene rings is 1. The van der Waals surface area contributed by atoms with Crippen LogP contribution in [0.1, 0.15) is 32.8 Å². The molecule has 10 heteroatoms. The number of amidine groups is 1. The quantitative estimate of drug-likeness (QED) is 0.282. The highest BCUT2D eigenvalue weighted by molar-refractivity contribution is 8.14. The maximum absolute atomic E-state index is 14.8. The van der Waals surface area contributed by atoms with Crippen molar-refractivity contribution in [1.82, 2.24) is 4.90 Å². The number of amides is 1. The number of nitrogens with two attached hydrogens (primary N) is 1. The van der Waals surface area contributed by atoms with E-state index < -0.39 is 43.8 Å². The van der Waals surface area contributed by atoms with E-state index in [1.807, 2.05) is 20.8 Å². The van der Waals surface area contributed by atoms with Crippen LogP contribution in [0.3, 0.4) is 0 Å². The molecule has 6 nitrogen and oxygen atoms in total. The molecular weight excluding hydrogens is 464 g/mol. The maximum atomic E-state index is 14.8. The molecule has 1 amide bonds. The number of nitrogens with zero attached hydrogens (tertiary/aromatic N) is 2. The predicted molar refractivity (Wildman–Crippen MR) is 133 cm³/mol. The standard InChI is InChI=1S/C23H35F2N3O3SSi/c1-22(2,3)19(31-9-10-33(4,5)6)28(21(29)30)20-27-23(13-24,16-12-18(16)32-20)15-11-14(26)7-8-17(15)25/h7-8,11,16,18-19H,9-10,12-13,26H2,1-6H3,(H,29,30)/t16-,18+,19?,23-/m1/s1. The molecule has 184 valence electrons. The van der Waals surface area contributed by atoms with Crippen molar-refractivity contribution >= 4 is 36.8 Å². The van der Waals surface area contributed by atoms with Gasteiger partial charge in [0.25, 0.3) is 0 Å². The number of rotatable bonds is 7. The van der Waals surface area contributed by atoms with E-state index in [4.69, 9.17) is 10.5 Å². The molecule has 0 radical (unpaired) electrons. The van der Waals surface area contributed by atoms with Gasteiger partial charge in [-0.1, -0.05) is 52.2 Å². The minimum Gasteiger partial charge on any atom is -0.465 e. The second-order valence-electron chi connectivity index (χ2n) is 11.2. The van der Waals surface area contributed by atoms with Crippen LogP contribution in [-0.2, 0) is 10.3 Å². The minimum absolute atomic E-state index is 0.0430. The Morgan fingerprint density at radius 3 is 2.64 bits per heavy atom. The molecule has 1 saturated carbocycles. The Balaban J connectivity index is 2.05. The lowest BCUT2D eigenvalue weighted by Crippen LogP contribution is -2.53. The van der Waals surface area contributed by atoms with Crippen LogP contribution in [0.15, 0.2) is 23.2 Å². The summed E-state index contributed by atoms with van der Waals surface area (Å²) in [4.78, 5) is 18.2. The molecule has 4 atom stereocenters. The maximum Gasteiger partial charge on any atom is 0.415 e. The molecule has 0 spiro atoms. The van der Waals surface area contributed by atoms with Crippen molar-refractivity contribution in [2.24, 2.45) is 16.3 Å². The van der Waals surface area contributed by atoms with Gasteiger partial charge in [-0.25, -0.2) is 23.5 Å². The highest BCUT2D eigenvalue weighted by Gasteiger charge is 2.60. The molecule has 1 aliphatic carbocycles. The van der Waals surface area contributed by atoms with Gasteiger partial charge >= 0.3 is 6.09 Å². The van der Waals surface area contributed by atoms with E-state index in [-0.39, 0.29) is 21.9 Å². The lowest BCUT2D eigenvalue weighted by atomic mass is 9.86. The topological polar surface area (TPSA) is 88.1 Å². The van der Waals surface area contributed by atoms with Gasteiger partial charge in [0.2, 0.25) is 0 Å². The van der Waals surface area contributed by atoms with Crippen molar-refractivity contribution in [1.29, 1.82) is 0 Å². The van der Waals surface area contributed by atoms with Crippen molar-refractivity contribution in [3.8, 4) is 0 Å². The summed E-state index contributed by atoms with van der Waals surface area (Å²) in [7, 11) is -1.40. The Bertz CT molecular complexity index is 935. The van der Waals surface area contributed by atoms with Crippen LogP contribution >= 0.6 is 11.8 Å². The van der Waals surface area contributed by atoms with Gasteiger partial charge in [0.1, 0.15) is 24.3 Å². The van der Waals surface area contributed by atoms with Gasteiger partial charge in [-0.3, -0.25) is 0 Å². The molecule has 0 aromatic heterocycles. The normalized spacial score (nSPS) is 25.8. The summed E-state index contributed by atoms with van der Waals surface area (Å²) in [6, 6.07) is 4.92. The third kappa shape index (κ3) is 5.54. The molecule has 1 aromatic carbocycles. The molecule has 2 aliphatic rings. The van der Waals surface area contributed by atoms with Gasteiger partial charge in [0.15, 0.2) is 5.17 Å². The number of carboxylic acid groups (broad SMARTS) is 1. The van der Waals surface area contributed by atoms with E-state index in [0.29, 0.717) is 18.7 Å². The van der Waals surface area contributed by atoms with Crippen molar-refractivity contribution < 1.29 is 23.4 Å². The average molecular weight is 500 g/mol. The molecule has 3 rings (SSSR count). The number of fused-ring (bicyclic) bond motifs is 1. The number of aliphatic imine (C=N–C) groups is 1. The summed E-state index contributed by atoms with van der Waals surface area (Å²) in [6.45, 7) is 11.8. The van der Waals surface area contributed by atoms with E-state index in [9.17, 15) is 18.7 Å². The number of nitrogen functional groups attached to an aromatic ring is 1. The number of carbonyl (C=O) groups is 1. The first-order valence-corrected chi connectivity index (χ1v) is 15.8. The Morgan fingerprint density at radius 1 is 1.42 bits per heavy atom. The van der Waals surface area contributed by atoms with Crippen LogP contribution in [-0.4, -0.2) is 54.1 Å². The Morgan fingerprint density at radius 2 is 2.09 bits per heavy atom. The lowest BCUT2D eigenvalue weighted by molar-refractivity contribution is -0.0761. The molecule has 1 aliphatic heterocycles. The summed E-state index contributed by atoms with van der Waals surface area (Å²) in [5.41, 5.74) is 4.20. The zero-order valence-electron chi connectivity index (χ0n) is 20.2. The van der Waals surface area contributed by atoms with Crippen LogP contribution in [0.5, 0.6) is 0 Å². The van der Waals surface area contributed by atoms with Crippen LogP contribution in [0, 0.1) is 17.2 Å². The Kier molecular flexibility index (Phi) is 7.22. The molecule has 1 fully saturated rings. The number of hydrogen-bond acceptors (Lipinski definition) is 5. The first-order valence-electron chi connectivity index (χ1n) is 11.2. The highest BCUT2D eigenvalue weighted by Crippen LogP contribution is 2.59. The third-order valence-electron chi connectivity index (χ3n) is 6.07. The largest absolute Gasteiger partial charge is 0.465 e. The number of ether oxygens (including phenoxy) is 1. The first kappa shape index (κ1) is 26.0. The Labute approximate surface area is 200 Å². The zero-order chi connectivity index (χ0) is 24.8. The second-order valence-corrected chi connectivity index (χ2v) is 18.1. The van der Waals surface area contributed by atoms with Crippen LogP contribution < -0.4 is 5.73 Å². The fraction of sp³-hybridized carbons (Fsp3) is 0.652. The van der Waals surface area contributed by atoms with Crippen molar-refractivity contribution in [2.45, 2.75) is 69.9 Å². The number of anilines is 1. The lowest BCUT2D eigenvalue weighted by Gasteiger charge is -2.41. The average Bonchev–Trinajstić information content (AvgIpc) is 3.46. The van der Waals surface area contributed by atoms with Crippen molar-refractivity contribution in [3.05, 3.63) is 29.6 Å². The molecule has 0 saturated heterocycles. The van der Waals surface area contributed by atoms with Gasteiger partial charge in [-0.05, 0) is 30.7 Å². The van der Waals surface area contributed by atoms with E-state index in [1.54, 1.807) is 0 Å². The molecule has 1 aromatic rings. The van der Waals surface area contributed by atoms with E-state index >= 15 is 0 Å².